The molecule has 48 heavy (non-hydrogen) atoms. The minimum absolute atomic E-state index is 0.0282. The summed E-state index contributed by atoms with van der Waals surface area (Å²) >= 11 is 3.69. The summed E-state index contributed by atoms with van der Waals surface area (Å²) in [6, 6.07) is 5.56. The van der Waals surface area contributed by atoms with E-state index in [4.69, 9.17) is 9.47 Å². The molecule has 13 nitrogen and oxygen atoms in total. The van der Waals surface area contributed by atoms with Crippen LogP contribution in [0.15, 0.2) is 49.6 Å². The first kappa shape index (κ1) is 35.7. The maximum absolute atomic E-state index is 14.9. The van der Waals surface area contributed by atoms with Crippen LogP contribution in [0.5, 0.6) is 0 Å². The van der Waals surface area contributed by atoms with Gasteiger partial charge in [-0.2, -0.15) is 0 Å². The summed E-state index contributed by atoms with van der Waals surface area (Å²) in [5.41, 5.74) is 0.0440. The highest BCUT2D eigenvalue weighted by Gasteiger charge is 2.77. The Hall–Kier alpha value is -3.62. The lowest BCUT2D eigenvalue weighted by Gasteiger charge is -2.40. The van der Waals surface area contributed by atoms with Crippen LogP contribution in [0.2, 0.25) is 0 Å². The minimum atomic E-state index is -1.36. The molecule has 3 saturated heterocycles. The summed E-state index contributed by atoms with van der Waals surface area (Å²) in [6.45, 7) is 12.9. The molecule has 14 heteroatoms. The van der Waals surface area contributed by atoms with Gasteiger partial charge < -0.3 is 29.7 Å². The number of allylic oxidation sites excluding steroid dienone is 1. The second-order valence-corrected chi connectivity index (χ2v) is 14.2. The number of alkyl halides is 1. The van der Waals surface area contributed by atoms with Crippen molar-refractivity contribution in [3.8, 4) is 0 Å². The summed E-state index contributed by atoms with van der Waals surface area (Å²) in [4.78, 5) is 58.2. The lowest BCUT2D eigenvalue weighted by molar-refractivity contribution is -0.160. The molecule has 1 aromatic heterocycles. The van der Waals surface area contributed by atoms with Crippen molar-refractivity contribution < 1.29 is 33.8 Å². The molecule has 4 heterocycles. The van der Waals surface area contributed by atoms with E-state index in [9.17, 15) is 24.3 Å². The summed E-state index contributed by atoms with van der Waals surface area (Å²) in [5, 5.41) is 21.9. The number of benzene rings is 1. The molecule has 9 atom stereocenters. The first-order chi connectivity index (χ1) is 23.0. The number of halogens is 1. The van der Waals surface area contributed by atoms with Gasteiger partial charge in [-0.3, -0.25) is 19.2 Å². The molecule has 0 aliphatic carbocycles. The highest BCUT2D eigenvalue weighted by Crippen LogP contribution is 2.61. The predicted octanol–water partition coefficient (Wildman–Crippen LogP) is 2.57. The van der Waals surface area contributed by atoms with Gasteiger partial charge in [-0.1, -0.05) is 65.7 Å². The summed E-state index contributed by atoms with van der Waals surface area (Å²) in [5.74, 6) is -3.83. The van der Waals surface area contributed by atoms with Crippen molar-refractivity contribution in [2.45, 2.75) is 87.8 Å². The number of carbonyl (C=O) groups excluding carboxylic acids is 4. The Morgan fingerprint density at radius 3 is 2.71 bits per heavy atom. The van der Waals surface area contributed by atoms with E-state index in [0.717, 1.165) is 5.52 Å². The maximum Gasteiger partial charge on any atom is 0.312 e. The van der Waals surface area contributed by atoms with Crippen LogP contribution in [0.3, 0.4) is 0 Å². The number of hydrogen-bond donors (Lipinski definition) is 2. The molecule has 5 rings (SSSR count). The zero-order chi connectivity index (χ0) is 34.7. The van der Waals surface area contributed by atoms with Gasteiger partial charge in [0.2, 0.25) is 17.7 Å². The van der Waals surface area contributed by atoms with Gasteiger partial charge >= 0.3 is 5.97 Å². The third-order valence-electron chi connectivity index (χ3n) is 9.94. The van der Waals surface area contributed by atoms with E-state index in [0.29, 0.717) is 24.8 Å². The number of carbonyl (C=O) groups is 4. The number of aliphatic hydroxyl groups is 1. The molecule has 1 aromatic carbocycles. The van der Waals surface area contributed by atoms with Crippen molar-refractivity contribution in [3.05, 3.63) is 49.6 Å². The molecule has 2 N–H and O–H groups in total. The first-order valence-electron chi connectivity index (χ1n) is 16.5. The monoisotopic (exact) mass is 728 g/mol. The van der Waals surface area contributed by atoms with Crippen molar-refractivity contribution in [1.29, 1.82) is 0 Å². The SMILES string of the molecule is C=CCCC(=O)NC[C@H](C)OC(=O)[C@@H]1[C@H]2O[C@@]3(CC2Br)[C@H](C(=O)N(CC=C)Cn2nnc4ccccc42)N([C@@H](CO)[C@@H](C)CC)C(=O)[C@@H]13. The molecule has 1 spiro atoms. The Morgan fingerprint density at radius 2 is 2.02 bits per heavy atom. The van der Waals surface area contributed by atoms with Gasteiger partial charge in [-0.15, -0.1) is 18.3 Å². The maximum atomic E-state index is 14.9. The van der Waals surface area contributed by atoms with Gasteiger partial charge in [-0.05, 0) is 37.8 Å². The van der Waals surface area contributed by atoms with Crippen LogP contribution < -0.4 is 5.32 Å². The molecule has 0 saturated carbocycles. The van der Waals surface area contributed by atoms with E-state index in [1.54, 1.807) is 28.7 Å². The fraction of sp³-hybridized carbons (Fsp3) is 0.588. The van der Waals surface area contributed by atoms with Gasteiger partial charge in [0.15, 0.2) is 0 Å². The number of ether oxygens (including phenoxy) is 2. The van der Waals surface area contributed by atoms with E-state index in [2.05, 4.69) is 44.7 Å². The average Bonchev–Trinajstić information content (AvgIpc) is 3.80. The van der Waals surface area contributed by atoms with Crippen LogP contribution in [-0.4, -0.2) is 108 Å². The zero-order valence-electron chi connectivity index (χ0n) is 27.7. The van der Waals surface area contributed by atoms with E-state index >= 15 is 0 Å². The summed E-state index contributed by atoms with van der Waals surface area (Å²) < 4.78 is 14.1. The minimum Gasteiger partial charge on any atom is -0.460 e. The van der Waals surface area contributed by atoms with E-state index in [1.165, 1.54) is 4.90 Å². The number of rotatable bonds is 16. The Kier molecular flexibility index (Phi) is 11.1. The Balaban J connectivity index is 1.48. The van der Waals surface area contributed by atoms with Crippen LogP contribution in [0.25, 0.3) is 11.0 Å². The van der Waals surface area contributed by atoms with Crippen molar-refractivity contribution in [2.24, 2.45) is 17.8 Å². The molecular weight excluding hydrogens is 684 g/mol. The molecule has 3 aliphatic heterocycles. The van der Waals surface area contributed by atoms with Crippen molar-refractivity contribution in [1.82, 2.24) is 30.1 Å². The molecule has 1 unspecified atom stereocenters. The van der Waals surface area contributed by atoms with Crippen LogP contribution in [0.1, 0.15) is 46.5 Å². The fourth-order valence-corrected chi connectivity index (χ4v) is 8.36. The predicted molar refractivity (Wildman–Crippen MR) is 180 cm³/mol. The number of likely N-dealkylation sites (tertiary alicyclic amines) is 1. The molecule has 2 aromatic rings. The Morgan fingerprint density at radius 1 is 1.27 bits per heavy atom. The molecule has 3 fully saturated rings. The average molecular weight is 730 g/mol. The Labute approximate surface area is 288 Å². The van der Waals surface area contributed by atoms with Gasteiger partial charge in [0, 0.05) is 17.8 Å². The Bertz CT molecular complexity index is 1550. The van der Waals surface area contributed by atoms with Crippen molar-refractivity contribution >= 4 is 50.7 Å². The topological polar surface area (TPSA) is 156 Å². The second kappa shape index (κ2) is 14.9. The standard InChI is InChI=1S/C34H45BrN6O7/c1-6-9-14-26(43)36-17-21(5)47-33(46)27-28-31(44)41(25(18-42)20(4)8-3)30(34(28)16-22(35)29(27)48-34)32(45)39(15-7-2)19-40-24-13-11-10-12-23(24)37-38-40/h6-7,10-13,20-22,25,27-30,42H,1-2,8-9,14-19H2,3-5H3,(H,36,43)/t20-,21-,22?,25-,27-,28+,29-,30-,34+/m0/s1. The summed E-state index contributed by atoms with van der Waals surface area (Å²) in [7, 11) is 0. The summed E-state index contributed by atoms with van der Waals surface area (Å²) in [6.07, 6.45) is 3.60. The van der Waals surface area contributed by atoms with Gasteiger partial charge in [-0.25, -0.2) is 4.68 Å². The molecule has 260 valence electrons. The number of amides is 3. The molecule has 0 radical (unpaired) electrons. The van der Waals surface area contributed by atoms with Crippen molar-refractivity contribution in [2.75, 3.05) is 19.7 Å². The molecule has 3 amide bonds. The number of para-hydroxylation sites is 1. The molecular formula is C34H45BrN6O7. The normalized spacial score (nSPS) is 27.7. The number of nitrogens with one attached hydrogen (secondary N) is 1. The van der Waals surface area contributed by atoms with Crippen molar-refractivity contribution in [3.63, 3.8) is 0 Å². The van der Waals surface area contributed by atoms with Gasteiger partial charge in [0.25, 0.3) is 0 Å². The number of aliphatic hydroxyl groups excluding tert-OH is 1. The molecule has 2 bridgehead atoms. The third kappa shape index (κ3) is 6.41. The number of nitrogens with zero attached hydrogens (tertiary/aromatic N) is 5. The highest BCUT2D eigenvalue weighted by atomic mass is 79.9. The van der Waals surface area contributed by atoms with Gasteiger partial charge in [0.05, 0.1) is 42.6 Å². The second-order valence-electron chi connectivity index (χ2n) is 13.0. The fourth-order valence-electron chi connectivity index (χ4n) is 7.42. The lowest BCUT2D eigenvalue weighted by atomic mass is 9.70. The van der Waals surface area contributed by atoms with Crippen LogP contribution in [-0.2, 0) is 35.3 Å². The van der Waals surface area contributed by atoms with Crippen LogP contribution in [0, 0.1) is 17.8 Å². The zero-order valence-corrected chi connectivity index (χ0v) is 29.3. The largest absolute Gasteiger partial charge is 0.460 e. The molecule has 3 aliphatic rings. The first-order valence-corrected chi connectivity index (χ1v) is 17.4. The number of fused-ring (bicyclic) bond motifs is 2. The quantitative estimate of drug-likeness (QED) is 0.151. The number of aromatic nitrogens is 3. The smallest absolute Gasteiger partial charge is 0.312 e. The van der Waals surface area contributed by atoms with Gasteiger partial charge in [0.1, 0.15) is 29.9 Å². The van der Waals surface area contributed by atoms with Crippen LogP contribution >= 0.6 is 15.9 Å². The van der Waals surface area contributed by atoms with E-state index in [-0.39, 0.29) is 49.4 Å². The lowest BCUT2D eigenvalue weighted by Crippen LogP contribution is -2.60. The number of esters is 1. The third-order valence-corrected chi connectivity index (χ3v) is 10.8. The van der Waals surface area contributed by atoms with E-state index in [1.807, 2.05) is 38.1 Å². The highest BCUT2D eigenvalue weighted by molar-refractivity contribution is 9.09. The van der Waals surface area contributed by atoms with Crippen LogP contribution in [0.4, 0.5) is 0 Å². The van der Waals surface area contributed by atoms with E-state index < -0.39 is 59.5 Å². The number of hydrogen-bond acceptors (Lipinski definition) is 9.